The molecule has 0 saturated heterocycles. The lowest BCUT2D eigenvalue weighted by atomic mass is 9.49. The first-order chi connectivity index (χ1) is 14.8. The number of hydrogen-bond acceptors (Lipinski definition) is 2. The summed E-state index contributed by atoms with van der Waals surface area (Å²) < 4.78 is 0. The highest BCUT2D eigenvalue weighted by Gasteiger charge is 2.58. The molecule has 1 aromatic rings. The predicted octanol–water partition coefficient (Wildman–Crippen LogP) is 5.88. The van der Waals surface area contributed by atoms with Crippen LogP contribution in [-0.4, -0.2) is 16.6 Å². The Hall–Kier alpha value is -1.35. The van der Waals surface area contributed by atoms with Crippen molar-refractivity contribution in [3.63, 3.8) is 0 Å². The van der Waals surface area contributed by atoms with Crippen LogP contribution < -0.4 is 5.32 Å². The van der Waals surface area contributed by atoms with Crippen LogP contribution in [0.1, 0.15) is 90.2 Å². The minimum absolute atomic E-state index is 0.0677. The van der Waals surface area contributed by atoms with Crippen LogP contribution in [0.15, 0.2) is 30.3 Å². The smallest absolute Gasteiger partial charge is 0.224 e. The highest BCUT2D eigenvalue weighted by molar-refractivity contribution is 5.80. The van der Waals surface area contributed by atoms with E-state index in [1.54, 1.807) is 0 Å². The average Bonchev–Trinajstić information content (AvgIpc) is 3.10. The summed E-state index contributed by atoms with van der Waals surface area (Å²) in [5.74, 6) is 4.32. The van der Waals surface area contributed by atoms with Crippen molar-refractivity contribution in [1.29, 1.82) is 0 Å². The maximum Gasteiger partial charge on any atom is 0.224 e. The second-order valence-corrected chi connectivity index (χ2v) is 12.0. The van der Waals surface area contributed by atoms with Gasteiger partial charge in [0.05, 0.1) is 11.6 Å². The van der Waals surface area contributed by atoms with Gasteiger partial charge in [0, 0.05) is 5.92 Å². The van der Waals surface area contributed by atoms with Crippen LogP contribution in [-0.2, 0) is 4.79 Å². The Bertz CT molecular complexity index is 804. The summed E-state index contributed by atoms with van der Waals surface area (Å²) in [6.07, 6.45) is 10.6. The molecule has 0 bridgehead atoms. The second-order valence-electron chi connectivity index (χ2n) is 12.0. The third-order valence-electron chi connectivity index (χ3n) is 10.2. The monoisotopic (exact) mass is 423 g/mol. The molecule has 31 heavy (non-hydrogen) atoms. The van der Waals surface area contributed by atoms with Crippen LogP contribution in [0.4, 0.5) is 0 Å². The van der Waals surface area contributed by atoms with Crippen LogP contribution in [0.5, 0.6) is 0 Å². The first-order valence-corrected chi connectivity index (χ1v) is 12.9. The van der Waals surface area contributed by atoms with Crippen molar-refractivity contribution in [2.24, 2.45) is 40.9 Å². The summed E-state index contributed by atoms with van der Waals surface area (Å²) in [4.78, 5) is 13.4. The van der Waals surface area contributed by atoms with E-state index in [1.165, 1.54) is 44.1 Å². The van der Waals surface area contributed by atoms with Gasteiger partial charge in [-0.2, -0.15) is 0 Å². The maximum atomic E-state index is 13.4. The Balaban J connectivity index is 1.28. The quantitative estimate of drug-likeness (QED) is 0.637. The molecule has 0 aliphatic heterocycles. The number of nitrogens with one attached hydrogen (secondary N) is 1. The Morgan fingerprint density at radius 2 is 1.71 bits per heavy atom. The number of aliphatic hydroxyl groups is 1. The number of fused-ring (bicyclic) bond motifs is 5. The van der Waals surface area contributed by atoms with Crippen molar-refractivity contribution in [2.75, 3.05) is 0 Å². The summed E-state index contributed by atoms with van der Waals surface area (Å²) in [6, 6.07) is 10.4. The first kappa shape index (κ1) is 21.5. The molecule has 0 heterocycles. The van der Waals surface area contributed by atoms with Gasteiger partial charge in [0.1, 0.15) is 0 Å². The summed E-state index contributed by atoms with van der Waals surface area (Å²) in [7, 11) is 0. The first-order valence-electron chi connectivity index (χ1n) is 12.9. The van der Waals surface area contributed by atoms with Gasteiger partial charge in [0.2, 0.25) is 5.91 Å². The molecular formula is C28H41NO2. The minimum atomic E-state index is -0.441. The van der Waals surface area contributed by atoms with E-state index < -0.39 is 5.60 Å². The molecule has 9 atom stereocenters. The summed E-state index contributed by atoms with van der Waals surface area (Å²) in [6.45, 7) is 6.60. The van der Waals surface area contributed by atoms with Crippen LogP contribution in [0.2, 0.25) is 0 Å². The van der Waals surface area contributed by atoms with E-state index in [-0.39, 0.29) is 23.3 Å². The molecule has 4 saturated carbocycles. The van der Waals surface area contributed by atoms with Crippen molar-refractivity contribution < 1.29 is 9.90 Å². The molecule has 0 unspecified atom stereocenters. The third kappa shape index (κ3) is 3.75. The molecule has 170 valence electrons. The van der Waals surface area contributed by atoms with E-state index in [0.717, 1.165) is 42.9 Å². The van der Waals surface area contributed by atoms with E-state index >= 15 is 0 Å². The molecule has 1 amide bonds. The largest absolute Gasteiger partial charge is 0.390 e. The van der Waals surface area contributed by atoms with E-state index in [0.29, 0.717) is 5.92 Å². The number of benzene rings is 1. The number of rotatable bonds is 3. The van der Waals surface area contributed by atoms with Gasteiger partial charge in [0.15, 0.2) is 0 Å². The van der Waals surface area contributed by atoms with Gasteiger partial charge in [-0.1, -0.05) is 37.3 Å². The van der Waals surface area contributed by atoms with Crippen molar-refractivity contribution >= 4 is 5.91 Å². The molecule has 5 rings (SSSR count). The Morgan fingerprint density at radius 3 is 2.48 bits per heavy atom. The van der Waals surface area contributed by atoms with Gasteiger partial charge in [-0.15, -0.1) is 0 Å². The van der Waals surface area contributed by atoms with E-state index in [2.05, 4.69) is 31.3 Å². The average molecular weight is 424 g/mol. The van der Waals surface area contributed by atoms with Crippen LogP contribution >= 0.6 is 0 Å². The van der Waals surface area contributed by atoms with Crippen molar-refractivity contribution in [3.8, 4) is 0 Å². The van der Waals surface area contributed by atoms with Crippen molar-refractivity contribution in [1.82, 2.24) is 5.32 Å². The second kappa shape index (κ2) is 7.90. The van der Waals surface area contributed by atoms with E-state index in [9.17, 15) is 9.90 Å². The Labute approximate surface area is 188 Å². The maximum absolute atomic E-state index is 13.4. The van der Waals surface area contributed by atoms with Gasteiger partial charge in [0.25, 0.3) is 0 Å². The molecule has 0 radical (unpaired) electrons. The van der Waals surface area contributed by atoms with Crippen molar-refractivity contribution in [2.45, 2.75) is 90.2 Å². The Morgan fingerprint density at radius 1 is 0.968 bits per heavy atom. The van der Waals surface area contributed by atoms with Crippen molar-refractivity contribution in [3.05, 3.63) is 35.9 Å². The zero-order valence-corrected chi connectivity index (χ0v) is 19.6. The lowest BCUT2D eigenvalue weighted by Gasteiger charge is -2.56. The van der Waals surface area contributed by atoms with Crippen LogP contribution in [0, 0.1) is 40.9 Å². The molecule has 2 N–H and O–H groups in total. The fourth-order valence-corrected chi connectivity index (χ4v) is 8.65. The van der Waals surface area contributed by atoms with Gasteiger partial charge in [-0.3, -0.25) is 4.79 Å². The molecule has 4 fully saturated rings. The highest BCUT2D eigenvalue weighted by atomic mass is 16.3. The van der Waals surface area contributed by atoms with Gasteiger partial charge in [-0.05, 0) is 112 Å². The molecule has 4 aliphatic rings. The summed E-state index contributed by atoms with van der Waals surface area (Å²) in [5, 5.41) is 14.0. The lowest BCUT2D eigenvalue weighted by molar-refractivity contribution is -0.135. The molecule has 0 spiro atoms. The Kier molecular flexibility index (Phi) is 5.48. The van der Waals surface area contributed by atoms with Gasteiger partial charge >= 0.3 is 0 Å². The van der Waals surface area contributed by atoms with Gasteiger partial charge in [-0.25, -0.2) is 0 Å². The molecule has 1 aromatic carbocycles. The van der Waals surface area contributed by atoms with E-state index in [4.69, 9.17) is 0 Å². The standard InChI is InChI=1S/C28H41NO2/c1-18(19-7-5-4-6-8-19)29-26(30)25-12-11-24-23-10-9-20-17-27(2,31)15-13-21(20)22(23)14-16-28(24,25)3/h4-8,18,20-25,31H,9-17H2,1-3H3,(H,29,30)/t18-,20+,21-,22+,23+,24-,25+,27+,28-/m0/s1. The third-order valence-corrected chi connectivity index (χ3v) is 10.2. The van der Waals surface area contributed by atoms with Crippen LogP contribution in [0.3, 0.4) is 0 Å². The number of amides is 1. The minimum Gasteiger partial charge on any atom is -0.390 e. The fraction of sp³-hybridized carbons (Fsp3) is 0.750. The summed E-state index contributed by atoms with van der Waals surface area (Å²) in [5.41, 5.74) is 0.906. The molecular weight excluding hydrogens is 382 g/mol. The molecule has 3 nitrogen and oxygen atoms in total. The SMILES string of the molecule is C[C@H](NC(=O)[C@H]1CC[C@H]2[C@@H]3CC[C@@H]4C[C@](C)(O)CC[C@@H]4[C@H]3CC[C@]12C)c1ccccc1. The number of hydrogen-bond donors (Lipinski definition) is 2. The molecule has 0 aromatic heterocycles. The fourth-order valence-electron chi connectivity index (χ4n) is 8.65. The predicted molar refractivity (Wildman–Crippen MR) is 124 cm³/mol. The van der Waals surface area contributed by atoms with Gasteiger partial charge < -0.3 is 10.4 Å². The highest BCUT2D eigenvalue weighted by Crippen LogP contribution is 2.64. The van der Waals surface area contributed by atoms with Crippen LogP contribution in [0.25, 0.3) is 0 Å². The summed E-state index contributed by atoms with van der Waals surface area (Å²) >= 11 is 0. The molecule has 3 heteroatoms. The normalized spacial score (nSPS) is 45.2. The topological polar surface area (TPSA) is 49.3 Å². The zero-order chi connectivity index (χ0) is 21.8. The molecule has 4 aliphatic carbocycles. The van der Waals surface area contributed by atoms with E-state index in [1.807, 2.05) is 25.1 Å². The number of carbonyl (C=O) groups is 1. The lowest BCUT2D eigenvalue weighted by Crippen LogP contribution is -2.51. The number of carbonyl (C=O) groups excluding carboxylic acids is 1. The zero-order valence-electron chi connectivity index (χ0n) is 19.6.